The van der Waals surface area contributed by atoms with Crippen LogP contribution in [0.4, 0.5) is 11.4 Å². The van der Waals surface area contributed by atoms with E-state index in [1.54, 1.807) is 48.5 Å². The molecular weight excluding hydrogens is 472 g/mol. The van der Waals surface area contributed by atoms with Crippen molar-refractivity contribution in [3.05, 3.63) is 107 Å². The molecule has 0 spiro atoms. The molecule has 0 atom stereocenters. The Labute approximate surface area is 202 Å². The first-order valence-corrected chi connectivity index (χ1v) is 11.7. The standard InChI is InChI=1S/C24H22N4O6S/c1-2-16-34-22-14-8-19(9-15-22)17-25-26-24(29)18-27(20-10-12-21(13-11-20)28(30)31)35(32,33)23-6-4-3-5-7-23/h2-15,17H,1,16,18H2,(H,26,29)/b25-17-. The van der Waals surface area contributed by atoms with E-state index in [1.165, 1.54) is 42.6 Å². The molecule has 0 aliphatic heterocycles. The number of nitrogens with zero attached hydrogens (tertiary/aromatic N) is 3. The van der Waals surface area contributed by atoms with Crippen LogP contribution in [0.15, 0.2) is 102 Å². The van der Waals surface area contributed by atoms with Crippen molar-refractivity contribution in [3.63, 3.8) is 0 Å². The number of nitro benzene ring substituents is 1. The highest BCUT2D eigenvalue weighted by atomic mass is 32.2. The third kappa shape index (κ3) is 6.74. The SMILES string of the molecule is C=CCOc1ccc(/C=N\NC(=O)CN(c2ccc([N+](=O)[O-])cc2)S(=O)(=O)c2ccccc2)cc1. The van der Waals surface area contributed by atoms with E-state index in [4.69, 9.17) is 4.74 Å². The zero-order valence-electron chi connectivity index (χ0n) is 18.5. The van der Waals surface area contributed by atoms with Crippen molar-refractivity contribution in [3.8, 4) is 5.75 Å². The van der Waals surface area contributed by atoms with Crippen LogP contribution in [0.2, 0.25) is 0 Å². The van der Waals surface area contributed by atoms with E-state index >= 15 is 0 Å². The number of carbonyl (C=O) groups excluding carboxylic acids is 1. The van der Waals surface area contributed by atoms with Crippen molar-refractivity contribution >= 4 is 33.5 Å². The molecule has 3 rings (SSSR count). The Balaban J connectivity index is 1.77. The van der Waals surface area contributed by atoms with Gasteiger partial charge < -0.3 is 4.74 Å². The van der Waals surface area contributed by atoms with Crippen LogP contribution >= 0.6 is 0 Å². The smallest absolute Gasteiger partial charge is 0.269 e. The average molecular weight is 495 g/mol. The summed E-state index contributed by atoms with van der Waals surface area (Å²) in [6.07, 6.45) is 3.03. The lowest BCUT2D eigenvalue weighted by molar-refractivity contribution is -0.384. The Morgan fingerprint density at radius 3 is 2.31 bits per heavy atom. The number of amides is 1. The molecular formula is C24H22N4O6S. The van der Waals surface area contributed by atoms with Gasteiger partial charge in [-0.1, -0.05) is 30.9 Å². The molecule has 1 amide bonds. The second-order valence-electron chi connectivity index (χ2n) is 7.06. The van der Waals surface area contributed by atoms with E-state index in [1.807, 2.05) is 0 Å². The van der Waals surface area contributed by atoms with Gasteiger partial charge in [-0.3, -0.25) is 19.2 Å². The third-order valence-electron chi connectivity index (χ3n) is 4.62. The number of nitro groups is 1. The van der Waals surface area contributed by atoms with Crippen LogP contribution in [0.1, 0.15) is 5.56 Å². The van der Waals surface area contributed by atoms with Crippen LogP contribution in [-0.4, -0.2) is 38.6 Å². The molecule has 11 heteroatoms. The summed E-state index contributed by atoms with van der Waals surface area (Å²) in [5.74, 6) is -0.0546. The first-order chi connectivity index (χ1) is 16.8. The number of anilines is 1. The Morgan fingerprint density at radius 2 is 1.71 bits per heavy atom. The number of non-ortho nitro benzene ring substituents is 1. The first-order valence-electron chi connectivity index (χ1n) is 10.3. The maximum Gasteiger partial charge on any atom is 0.269 e. The number of benzene rings is 3. The number of hydrogen-bond donors (Lipinski definition) is 1. The summed E-state index contributed by atoms with van der Waals surface area (Å²) in [4.78, 5) is 22.9. The number of sulfonamides is 1. The van der Waals surface area contributed by atoms with E-state index < -0.39 is 27.4 Å². The van der Waals surface area contributed by atoms with Gasteiger partial charge in [0, 0.05) is 12.1 Å². The summed E-state index contributed by atoms with van der Waals surface area (Å²) in [7, 11) is -4.14. The number of ether oxygens (including phenoxy) is 1. The molecule has 0 saturated carbocycles. The molecule has 35 heavy (non-hydrogen) atoms. The van der Waals surface area contributed by atoms with Crippen LogP contribution in [0, 0.1) is 10.1 Å². The Bertz CT molecular complexity index is 1310. The van der Waals surface area contributed by atoms with Crippen molar-refractivity contribution < 1.29 is 22.9 Å². The zero-order valence-corrected chi connectivity index (χ0v) is 19.3. The molecule has 3 aromatic carbocycles. The summed E-state index contributed by atoms with van der Waals surface area (Å²) in [6, 6.07) is 19.4. The van der Waals surface area contributed by atoms with Crippen LogP contribution < -0.4 is 14.5 Å². The van der Waals surface area contributed by atoms with Gasteiger partial charge in [-0.15, -0.1) is 0 Å². The summed E-state index contributed by atoms with van der Waals surface area (Å²) in [5, 5.41) is 14.8. The molecule has 0 bridgehead atoms. The predicted octanol–water partition coefficient (Wildman–Crippen LogP) is 3.51. The van der Waals surface area contributed by atoms with Gasteiger partial charge in [0.1, 0.15) is 18.9 Å². The van der Waals surface area contributed by atoms with E-state index in [-0.39, 0.29) is 16.3 Å². The first kappa shape index (κ1) is 25.1. The molecule has 10 nitrogen and oxygen atoms in total. The molecule has 0 unspecified atom stereocenters. The zero-order chi connectivity index (χ0) is 25.3. The summed E-state index contributed by atoms with van der Waals surface area (Å²) in [6.45, 7) is 3.36. The number of nitrogens with one attached hydrogen (secondary N) is 1. The summed E-state index contributed by atoms with van der Waals surface area (Å²) in [5.41, 5.74) is 2.87. The largest absolute Gasteiger partial charge is 0.490 e. The molecule has 0 saturated heterocycles. The van der Waals surface area contributed by atoms with Gasteiger partial charge in [0.25, 0.3) is 21.6 Å². The fourth-order valence-electron chi connectivity index (χ4n) is 2.93. The molecule has 0 fully saturated rings. The lowest BCUT2D eigenvalue weighted by Crippen LogP contribution is -2.39. The summed E-state index contributed by atoms with van der Waals surface area (Å²) < 4.78 is 32.7. The molecule has 0 aromatic heterocycles. The van der Waals surface area contributed by atoms with Crippen molar-refractivity contribution in [2.45, 2.75) is 4.90 Å². The third-order valence-corrected chi connectivity index (χ3v) is 6.41. The maximum absolute atomic E-state index is 13.2. The van der Waals surface area contributed by atoms with Gasteiger partial charge >= 0.3 is 0 Å². The van der Waals surface area contributed by atoms with Gasteiger partial charge in [0.2, 0.25) is 0 Å². The van der Waals surface area contributed by atoms with Crippen LogP contribution in [0.3, 0.4) is 0 Å². The molecule has 0 aliphatic carbocycles. The van der Waals surface area contributed by atoms with Crippen molar-refractivity contribution in [2.75, 3.05) is 17.5 Å². The van der Waals surface area contributed by atoms with Gasteiger partial charge in [0.05, 0.1) is 21.7 Å². The van der Waals surface area contributed by atoms with Crippen LogP contribution in [0.5, 0.6) is 5.75 Å². The fourth-order valence-corrected chi connectivity index (χ4v) is 4.37. The number of hydrogen-bond acceptors (Lipinski definition) is 7. The van der Waals surface area contributed by atoms with Gasteiger partial charge in [0.15, 0.2) is 0 Å². The minimum atomic E-state index is -4.14. The second-order valence-corrected chi connectivity index (χ2v) is 8.92. The Kier molecular flexibility index (Phi) is 8.30. The maximum atomic E-state index is 13.2. The lowest BCUT2D eigenvalue weighted by atomic mass is 10.2. The highest BCUT2D eigenvalue weighted by Gasteiger charge is 2.27. The molecule has 3 aromatic rings. The van der Waals surface area contributed by atoms with E-state index in [0.29, 0.717) is 17.9 Å². The van der Waals surface area contributed by atoms with Crippen molar-refractivity contribution in [1.82, 2.24) is 5.43 Å². The normalized spacial score (nSPS) is 11.1. The van der Waals surface area contributed by atoms with E-state index in [9.17, 15) is 23.3 Å². The van der Waals surface area contributed by atoms with Crippen molar-refractivity contribution in [2.24, 2.45) is 5.10 Å². The molecule has 1 N–H and O–H groups in total. The minimum Gasteiger partial charge on any atom is -0.490 e. The fraction of sp³-hybridized carbons (Fsp3) is 0.0833. The minimum absolute atomic E-state index is 0.0339. The highest BCUT2D eigenvalue weighted by Crippen LogP contribution is 2.25. The Hall–Kier alpha value is -4.51. The molecule has 0 heterocycles. The highest BCUT2D eigenvalue weighted by molar-refractivity contribution is 7.92. The van der Waals surface area contributed by atoms with Gasteiger partial charge in [-0.05, 0) is 54.1 Å². The predicted molar refractivity (Wildman–Crippen MR) is 132 cm³/mol. The van der Waals surface area contributed by atoms with Crippen LogP contribution in [-0.2, 0) is 14.8 Å². The number of carbonyl (C=O) groups is 1. The van der Waals surface area contributed by atoms with Gasteiger partial charge in [-0.2, -0.15) is 5.10 Å². The second kappa shape index (κ2) is 11.6. The number of rotatable bonds is 11. The van der Waals surface area contributed by atoms with Gasteiger partial charge in [-0.25, -0.2) is 13.8 Å². The molecule has 180 valence electrons. The van der Waals surface area contributed by atoms with E-state index in [0.717, 1.165) is 4.31 Å². The topological polar surface area (TPSA) is 131 Å². The van der Waals surface area contributed by atoms with E-state index in [2.05, 4.69) is 17.1 Å². The quantitative estimate of drug-likeness (QED) is 0.188. The number of hydrazone groups is 1. The molecule has 0 aliphatic rings. The Morgan fingerprint density at radius 1 is 1.06 bits per heavy atom. The van der Waals surface area contributed by atoms with Crippen molar-refractivity contribution in [1.29, 1.82) is 0 Å². The summed E-state index contributed by atoms with van der Waals surface area (Å²) >= 11 is 0. The monoisotopic (exact) mass is 494 g/mol. The average Bonchev–Trinajstić information content (AvgIpc) is 2.87. The van der Waals surface area contributed by atoms with Crippen LogP contribution in [0.25, 0.3) is 0 Å². The lowest BCUT2D eigenvalue weighted by Gasteiger charge is -2.23. The molecule has 0 radical (unpaired) electrons.